The fourth-order valence-electron chi connectivity index (χ4n) is 4.84. The summed E-state index contributed by atoms with van der Waals surface area (Å²) in [6.45, 7) is 5.76. The third kappa shape index (κ3) is 6.79. The lowest BCUT2D eigenvalue weighted by Gasteiger charge is -2.37. The average Bonchev–Trinajstić information content (AvgIpc) is 3.29. The maximum Gasteiger partial charge on any atom is 0.410 e. The number of likely N-dealkylation sites (tertiary alicyclic amines) is 1. The molecule has 2 atom stereocenters. The summed E-state index contributed by atoms with van der Waals surface area (Å²) in [7, 11) is -3.66. The number of nitrogens with zero attached hydrogens (tertiary/aromatic N) is 1. The molecule has 1 fully saturated rings. The van der Waals surface area contributed by atoms with Crippen molar-refractivity contribution in [2.75, 3.05) is 19.4 Å². The van der Waals surface area contributed by atoms with E-state index in [9.17, 15) is 13.2 Å². The molecule has 4 rings (SSSR count). The van der Waals surface area contributed by atoms with E-state index in [-0.39, 0.29) is 11.9 Å². The molecule has 1 aliphatic heterocycles. The summed E-state index contributed by atoms with van der Waals surface area (Å²) < 4.78 is 33.9. The maximum absolute atomic E-state index is 13.2. The summed E-state index contributed by atoms with van der Waals surface area (Å²) in [5, 5.41) is -0.0173. The van der Waals surface area contributed by atoms with Gasteiger partial charge < -0.3 is 9.64 Å². The normalized spacial score (nSPS) is 18.4. The van der Waals surface area contributed by atoms with Gasteiger partial charge in [0.25, 0.3) is 10.1 Å². The first-order valence-electron chi connectivity index (χ1n) is 12.7. The first-order valence-corrected chi connectivity index (χ1v) is 15.4. The Hall–Kier alpha value is -2.81. The fraction of sp³-hybridized carbons (Fsp3) is 0.367. The summed E-state index contributed by atoms with van der Waals surface area (Å²) in [5.41, 5.74) is 2.71. The highest BCUT2D eigenvalue weighted by Crippen LogP contribution is 2.52. The number of hydrogen-bond acceptors (Lipinski definition) is 6. The number of hydrogen-bond donors (Lipinski definition) is 0. The van der Waals surface area contributed by atoms with Crippen molar-refractivity contribution in [3.63, 3.8) is 0 Å². The Bertz CT molecular complexity index is 1210. The Kier molecular flexibility index (Phi) is 8.55. The van der Waals surface area contributed by atoms with Gasteiger partial charge in [0.05, 0.1) is 23.7 Å². The van der Waals surface area contributed by atoms with Gasteiger partial charge in [-0.1, -0.05) is 91.0 Å². The zero-order valence-corrected chi connectivity index (χ0v) is 23.9. The topological polar surface area (TPSA) is 72.9 Å². The molecule has 0 aromatic heterocycles. The summed E-state index contributed by atoms with van der Waals surface area (Å²) in [6, 6.07) is 30.7. The molecule has 202 valence electrons. The van der Waals surface area contributed by atoms with Crippen LogP contribution in [0.5, 0.6) is 0 Å². The van der Waals surface area contributed by atoms with Gasteiger partial charge in [0.15, 0.2) is 0 Å². The number of carbonyl (C=O) groups excluding carboxylic acids is 1. The molecule has 6 nitrogen and oxygen atoms in total. The highest BCUT2D eigenvalue weighted by Gasteiger charge is 2.45. The smallest absolute Gasteiger partial charge is 0.410 e. The van der Waals surface area contributed by atoms with E-state index in [1.54, 1.807) is 16.7 Å². The van der Waals surface area contributed by atoms with Crippen LogP contribution in [0, 0.1) is 0 Å². The average molecular weight is 554 g/mol. The third-order valence-corrected chi connectivity index (χ3v) is 8.66. The van der Waals surface area contributed by atoms with Crippen molar-refractivity contribution in [3.05, 3.63) is 108 Å². The van der Waals surface area contributed by atoms with Crippen molar-refractivity contribution in [1.82, 2.24) is 4.90 Å². The van der Waals surface area contributed by atoms with Crippen molar-refractivity contribution in [2.45, 2.75) is 48.8 Å². The predicted molar refractivity (Wildman–Crippen MR) is 153 cm³/mol. The SMILES string of the molecule is CC(C)(C)OC(=O)N1C[C@H](SC(c2ccccc2)(c2ccccc2)c2ccccc2)C[C@H]1COS(C)(=O)=O. The van der Waals surface area contributed by atoms with Crippen LogP contribution in [0.4, 0.5) is 4.79 Å². The molecule has 1 heterocycles. The minimum Gasteiger partial charge on any atom is -0.444 e. The van der Waals surface area contributed by atoms with Crippen LogP contribution in [0.15, 0.2) is 91.0 Å². The molecular formula is C30H35NO5S2. The molecule has 1 aliphatic rings. The molecule has 0 saturated carbocycles. The van der Waals surface area contributed by atoms with E-state index in [0.29, 0.717) is 13.0 Å². The van der Waals surface area contributed by atoms with E-state index in [0.717, 1.165) is 22.9 Å². The molecule has 1 saturated heterocycles. The first kappa shape index (κ1) is 28.2. The molecule has 0 aliphatic carbocycles. The lowest BCUT2D eigenvalue weighted by Crippen LogP contribution is -2.42. The highest BCUT2D eigenvalue weighted by atomic mass is 32.2. The van der Waals surface area contributed by atoms with Crippen LogP contribution in [0.3, 0.4) is 0 Å². The first-order chi connectivity index (χ1) is 18.0. The quantitative estimate of drug-likeness (QED) is 0.249. The van der Waals surface area contributed by atoms with Gasteiger partial charge in [-0.05, 0) is 43.9 Å². The van der Waals surface area contributed by atoms with Crippen LogP contribution in [-0.2, 0) is 23.8 Å². The number of ether oxygens (including phenoxy) is 1. The van der Waals surface area contributed by atoms with Gasteiger partial charge in [-0.2, -0.15) is 8.42 Å². The Morgan fingerprint density at radius 2 is 1.32 bits per heavy atom. The second-order valence-electron chi connectivity index (χ2n) is 10.5. The lowest BCUT2D eigenvalue weighted by atomic mass is 9.84. The second kappa shape index (κ2) is 11.5. The molecule has 3 aromatic rings. The van der Waals surface area contributed by atoms with Gasteiger partial charge in [0, 0.05) is 11.8 Å². The van der Waals surface area contributed by atoms with E-state index in [2.05, 4.69) is 36.4 Å². The Labute approximate surface area is 230 Å². The molecule has 0 N–H and O–H groups in total. The molecule has 1 amide bonds. The maximum atomic E-state index is 13.2. The van der Waals surface area contributed by atoms with Crippen molar-refractivity contribution in [1.29, 1.82) is 0 Å². The van der Waals surface area contributed by atoms with Crippen molar-refractivity contribution < 1.29 is 22.1 Å². The van der Waals surface area contributed by atoms with Crippen LogP contribution < -0.4 is 0 Å². The Morgan fingerprint density at radius 3 is 1.71 bits per heavy atom. The minimum absolute atomic E-state index is 0.0173. The van der Waals surface area contributed by atoms with Crippen LogP contribution in [-0.4, -0.2) is 55.7 Å². The van der Waals surface area contributed by atoms with Crippen LogP contribution in [0.2, 0.25) is 0 Å². The second-order valence-corrected chi connectivity index (χ2v) is 13.7. The number of benzene rings is 3. The molecule has 3 aromatic carbocycles. The molecule has 8 heteroatoms. The van der Waals surface area contributed by atoms with Gasteiger partial charge >= 0.3 is 6.09 Å². The van der Waals surface area contributed by atoms with Crippen LogP contribution >= 0.6 is 11.8 Å². The summed E-state index contributed by atoms with van der Waals surface area (Å²) in [5.74, 6) is 0. The van der Waals surface area contributed by atoms with Gasteiger partial charge in [-0.15, -0.1) is 11.8 Å². The van der Waals surface area contributed by atoms with E-state index in [1.165, 1.54) is 0 Å². The molecule has 0 spiro atoms. The summed E-state index contributed by atoms with van der Waals surface area (Å²) >= 11 is 1.78. The number of carbonyl (C=O) groups is 1. The van der Waals surface area contributed by atoms with Gasteiger partial charge in [-0.3, -0.25) is 4.18 Å². The Morgan fingerprint density at radius 1 is 0.868 bits per heavy atom. The van der Waals surface area contributed by atoms with Crippen molar-refractivity contribution >= 4 is 28.0 Å². The standard InChI is InChI=1S/C30H35NO5S2/c1-29(2,3)36-28(32)31-21-27(20-26(31)22-35-38(4,33)34)37-30(23-14-8-5-9-15-23,24-16-10-6-11-17-24)25-18-12-7-13-19-25/h5-19,26-27H,20-22H2,1-4H3/t26-,27+/m0/s1. The fourth-order valence-corrected chi connectivity index (χ4v) is 7.11. The van der Waals surface area contributed by atoms with Crippen molar-refractivity contribution in [3.8, 4) is 0 Å². The summed E-state index contributed by atoms with van der Waals surface area (Å²) in [6.07, 6.45) is 1.12. The molecule has 0 radical (unpaired) electrons. The highest BCUT2D eigenvalue weighted by molar-refractivity contribution is 8.01. The number of amides is 1. The molecular weight excluding hydrogens is 518 g/mol. The van der Waals surface area contributed by atoms with Crippen LogP contribution in [0.25, 0.3) is 0 Å². The zero-order valence-electron chi connectivity index (χ0n) is 22.2. The molecule has 38 heavy (non-hydrogen) atoms. The summed E-state index contributed by atoms with van der Waals surface area (Å²) in [4.78, 5) is 14.8. The minimum atomic E-state index is -3.66. The Balaban J connectivity index is 1.76. The zero-order chi connectivity index (χ0) is 27.4. The van der Waals surface area contributed by atoms with Crippen LogP contribution in [0.1, 0.15) is 43.9 Å². The number of thioether (sulfide) groups is 1. The molecule has 0 unspecified atom stereocenters. The monoisotopic (exact) mass is 553 g/mol. The van der Waals surface area contributed by atoms with E-state index < -0.39 is 32.6 Å². The predicted octanol–water partition coefficient (Wildman–Crippen LogP) is 6.07. The van der Waals surface area contributed by atoms with Gasteiger partial charge in [-0.25, -0.2) is 4.79 Å². The van der Waals surface area contributed by atoms with E-state index in [4.69, 9.17) is 8.92 Å². The van der Waals surface area contributed by atoms with E-state index in [1.807, 2.05) is 75.4 Å². The lowest BCUT2D eigenvalue weighted by molar-refractivity contribution is 0.0189. The number of rotatable bonds is 8. The van der Waals surface area contributed by atoms with Gasteiger partial charge in [0.2, 0.25) is 0 Å². The van der Waals surface area contributed by atoms with Gasteiger partial charge in [0.1, 0.15) is 5.60 Å². The molecule has 0 bridgehead atoms. The van der Waals surface area contributed by atoms with Crippen molar-refractivity contribution in [2.24, 2.45) is 0 Å². The van der Waals surface area contributed by atoms with E-state index >= 15 is 0 Å². The largest absolute Gasteiger partial charge is 0.444 e. The third-order valence-electron chi connectivity index (χ3n) is 6.36.